The number of rotatable bonds is 1. The molecule has 1 aromatic carbocycles. The monoisotopic (exact) mass is 438 g/mol. The van der Waals surface area contributed by atoms with E-state index in [2.05, 4.69) is 9.97 Å². The van der Waals surface area contributed by atoms with Crippen LogP contribution < -0.4 is 15.9 Å². The van der Waals surface area contributed by atoms with Gasteiger partial charge in [-0.2, -0.15) is 9.97 Å². The van der Waals surface area contributed by atoms with Crippen molar-refractivity contribution in [1.82, 2.24) is 19.1 Å². The number of benzene rings is 1. The largest absolute Gasteiger partial charge is 0.419 e. The van der Waals surface area contributed by atoms with Gasteiger partial charge in [0.25, 0.3) is 11.1 Å². The van der Waals surface area contributed by atoms with E-state index in [1.807, 2.05) is 30.3 Å². The number of nitrogens with zero attached hydrogens (tertiary/aromatic N) is 4. The molecule has 0 saturated carbocycles. The van der Waals surface area contributed by atoms with Gasteiger partial charge >= 0.3 is 0 Å². The molecule has 0 amide bonds. The number of aromatic nitrogens is 4. The molecular weight excluding hydrogens is 420 g/mol. The Labute approximate surface area is 180 Å². The zero-order valence-corrected chi connectivity index (χ0v) is 17.7. The maximum atomic E-state index is 13.5. The van der Waals surface area contributed by atoms with Crippen LogP contribution in [0.3, 0.4) is 0 Å². The molecule has 0 spiro atoms. The van der Waals surface area contributed by atoms with E-state index >= 15 is 0 Å². The van der Waals surface area contributed by atoms with Crippen molar-refractivity contribution < 1.29 is 4.74 Å². The lowest BCUT2D eigenvalue weighted by atomic mass is 9.85. The highest BCUT2D eigenvalue weighted by Gasteiger charge is 2.39. The minimum atomic E-state index is -0.542. The van der Waals surface area contributed by atoms with E-state index < -0.39 is 5.92 Å². The molecule has 0 radical (unpaired) electrons. The second-order valence-electron chi connectivity index (χ2n) is 7.49. The summed E-state index contributed by atoms with van der Waals surface area (Å²) in [7, 11) is 0. The standard InChI is InChI=1S/C21H18N4O3S2/c26-18-14-13(12-6-2-1-3-7-12)15-17(23-21-25(19(15)27)9-5-11-30-21)28-16(14)22-20-24(18)8-4-10-29-20/h1-3,6-7,13H,4-5,8-11H2. The van der Waals surface area contributed by atoms with Gasteiger partial charge in [-0.05, 0) is 18.4 Å². The first-order chi connectivity index (χ1) is 14.7. The number of thioether (sulfide) groups is 2. The second kappa shape index (κ2) is 7.02. The Morgan fingerprint density at radius 2 is 1.37 bits per heavy atom. The molecule has 3 aliphatic rings. The molecule has 30 heavy (non-hydrogen) atoms. The third kappa shape index (κ3) is 2.68. The van der Waals surface area contributed by atoms with Gasteiger partial charge in [0.05, 0.1) is 17.0 Å². The van der Waals surface area contributed by atoms with E-state index in [0.29, 0.717) is 34.5 Å². The number of ether oxygens (including phenoxy) is 1. The van der Waals surface area contributed by atoms with Crippen LogP contribution in [0.15, 0.2) is 50.2 Å². The maximum Gasteiger partial charge on any atom is 0.262 e. The molecule has 152 valence electrons. The molecule has 0 N–H and O–H groups in total. The number of fused-ring (bicyclic) bond motifs is 4. The molecule has 0 unspecified atom stereocenters. The summed E-state index contributed by atoms with van der Waals surface area (Å²) < 4.78 is 9.49. The average Bonchev–Trinajstić information content (AvgIpc) is 2.79. The summed E-state index contributed by atoms with van der Waals surface area (Å²) in [6.07, 6.45) is 1.83. The first-order valence-electron chi connectivity index (χ1n) is 10.0. The van der Waals surface area contributed by atoms with E-state index in [0.717, 1.165) is 29.9 Å². The predicted molar refractivity (Wildman–Crippen MR) is 115 cm³/mol. The Hall–Kier alpha value is -2.52. The molecule has 5 heterocycles. The third-order valence-electron chi connectivity index (χ3n) is 5.69. The van der Waals surface area contributed by atoms with Crippen LogP contribution in [0.4, 0.5) is 0 Å². The topological polar surface area (TPSA) is 79.0 Å². The first-order valence-corrected chi connectivity index (χ1v) is 12.0. The lowest BCUT2D eigenvalue weighted by Crippen LogP contribution is -2.37. The summed E-state index contributed by atoms with van der Waals surface area (Å²) in [6, 6.07) is 9.65. The summed E-state index contributed by atoms with van der Waals surface area (Å²) in [4.78, 5) is 36.5. The first kappa shape index (κ1) is 18.3. The van der Waals surface area contributed by atoms with Gasteiger partial charge in [-0.25, -0.2) is 0 Å². The van der Waals surface area contributed by atoms with Crippen molar-refractivity contribution in [1.29, 1.82) is 0 Å². The molecular formula is C21H18N4O3S2. The highest BCUT2D eigenvalue weighted by atomic mass is 32.2. The van der Waals surface area contributed by atoms with Gasteiger partial charge in [-0.1, -0.05) is 53.9 Å². The minimum absolute atomic E-state index is 0.127. The van der Waals surface area contributed by atoms with Crippen LogP contribution in [0.25, 0.3) is 0 Å². The third-order valence-corrected chi connectivity index (χ3v) is 7.81. The molecule has 9 heteroatoms. The SMILES string of the molecule is O=c1c2c(nc3n1CCCS3)Oc1nc3n(c(=O)c1C2c1ccccc1)CCCS3. The average molecular weight is 439 g/mol. The Morgan fingerprint density at radius 3 is 1.90 bits per heavy atom. The summed E-state index contributed by atoms with van der Waals surface area (Å²) in [6.45, 7) is 1.27. The molecule has 3 aromatic rings. The van der Waals surface area contributed by atoms with E-state index in [4.69, 9.17) is 4.74 Å². The van der Waals surface area contributed by atoms with Crippen LogP contribution in [0.1, 0.15) is 35.4 Å². The molecule has 6 rings (SSSR count). The molecule has 0 aliphatic carbocycles. The Morgan fingerprint density at radius 1 is 0.833 bits per heavy atom. The van der Waals surface area contributed by atoms with Crippen LogP contribution in [0.2, 0.25) is 0 Å². The molecule has 7 nitrogen and oxygen atoms in total. The van der Waals surface area contributed by atoms with Gasteiger partial charge in [0.2, 0.25) is 11.8 Å². The Bertz CT molecular complexity index is 1210. The van der Waals surface area contributed by atoms with Gasteiger partial charge in [-0.15, -0.1) is 0 Å². The summed E-state index contributed by atoms with van der Waals surface area (Å²) in [5.74, 6) is 1.86. The molecule has 0 atom stereocenters. The van der Waals surface area contributed by atoms with E-state index in [1.165, 1.54) is 0 Å². The Balaban J connectivity index is 1.67. The zero-order valence-electron chi connectivity index (χ0n) is 16.0. The van der Waals surface area contributed by atoms with Crippen molar-refractivity contribution in [3.8, 4) is 11.8 Å². The summed E-state index contributed by atoms with van der Waals surface area (Å²) in [5.41, 5.74) is 1.48. The van der Waals surface area contributed by atoms with Gasteiger partial charge < -0.3 is 4.74 Å². The molecule has 3 aliphatic heterocycles. The van der Waals surface area contributed by atoms with Crippen molar-refractivity contribution in [2.45, 2.75) is 42.2 Å². The van der Waals surface area contributed by atoms with Crippen molar-refractivity contribution in [2.24, 2.45) is 0 Å². The van der Waals surface area contributed by atoms with Gasteiger partial charge in [-0.3, -0.25) is 18.7 Å². The summed E-state index contributed by atoms with van der Waals surface area (Å²) in [5, 5.41) is 1.34. The molecule has 2 aromatic heterocycles. The zero-order chi connectivity index (χ0) is 20.2. The molecule has 0 saturated heterocycles. The predicted octanol–water partition coefficient (Wildman–Crippen LogP) is 3.08. The summed E-state index contributed by atoms with van der Waals surface area (Å²) >= 11 is 3.12. The fourth-order valence-electron chi connectivity index (χ4n) is 4.31. The van der Waals surface area contributed by atoms with Crippen molar-refractivity contribution >= 4 is 23.5 Å². The highest BCUT2D eigenvalue weighted by molar-refractivity contribution is 7.99. The van der Waals surface area contributed by atoms with Gasteiger partial charge in [0.15, 0.2) is 10.3 Å². The van der Waals surface area contributed by atoms with Crippen LogP contribution in [0.5, 0.6) is 11.8 Å². The van der Waals surface area contributed by atoms with Crippen LogP contribution >= 0.6 is 23.5 Å². The molecule has 0 fully saturated rings. The van der Waals surface area contributed by atoms with Gasteiger partial charge in [0.1, 0.15) is 0 Å². The number of hydrogen-bond donors (Lipinski definition) is 0. The van der Waals surface area contributed by atoms with Crippen LogP contribution in [-0.2, 0) is 13.1 Å². The van der Waals surface area contributed by atoms with E-state index in [9.17, 15) is 9.59 Å². The fraction of sp³-hybridized carbons (Fsp3) is 0.333. The van der Waals surface area contributed by atoms with Crippen molar-refractivity contribution in [3.63, 3.8) is 0 Å². The number of hydrogen-bond acceptors (Lipinski definition) is 7. The second-order valence-corrected chi connectivity index (χ2v) is 9.61. The highest BCUT2D eigenvalue weighted by Crippen LogP contribution is 2.44. The van der Waals surface area contributed by atoms with Crippen molar-refractivity contribution in [2.75, 3.05) is 11.5 Å². The smallest absolute Gasteiger partial charge is 0.262 e. The maximum absolute atomic E-state index is 13.5. The normalized spacial score (nSPS) is 17.3. The minimum Gasteiger partial charge on any atom is -0.419 e. The van der Waals surface area contributed by atoms with E-state index in [-0.39, 0.29) is 22.9 Å². The lowest BCUT2D eigenvalue weighted by molar-refractivity contribution is 0.378. The van der Waals surface area contributed by atoms with Crippen LogP contribution in [-0.4, -0.2) is 30.6 Å². The molecule has 0 bridgehead atoms. The van der Waals surface area contributed by atoms with Crippen molar-refractivity contribution in [3.05, 3.63) is 67.7 Å². The lowest BCUT2D eigenvalue weighted by Gasteiger charge is -2.29. The van der Waals surface area contributed by atoms with E-state index in [1.54, 1.807) is 32.7 Å². The Kier molecular flexibility index (Phi) is 4.28. The quantitative estimate of drug-likeness (QED) is 0.423. The van der Waals surface area contributed by atoms with Gasteiger partial charge in [0, 0.05) is 24.6 Å². The van der Waals surface area contributed by atoms with Crippen LogP contribution in [0, 0.1) is 0 Å². The fourth-order valence-corrected chi connectivity index (χ4v) is 6.18.